The van der Waals surface area contributed by atoms with Crippen LogP contribution in [0.5, 0.6) is 5.88 Å². The van der Waals surface area contributed by atoms with Crippen LogP contribution in [0.1, 0.15) is 12.8 Å². The molecule has 0 atom stereocenters. The molecule has 2 aromatic rings. The first kappa shape index (κ1) is 19.9. The number of fused-ring (bicyclic) bond motifs is 2. The fraction of sp³-hybridized carbons (Fsp3) is 0.348. The summed E-state index contributed by atoms with van der Waals surface area (Å²) < 4.78 is 19.1. The summed E-state index contributed by atoms with van der Waals surface area (Å²) in [5.74, 6) is 1.34. The van der Waals surface area contributed by atoms with Gasteiger partial charge in [0, 0.05) is 49.2 Å². The predicted octanol–water partition coefficient (Wildman–Crippen LogP) is 3.11. The molecule has 0 radical (unpaired) electrons. The Bertz CT molecular complexity index is 1270. The van der Waals surface area contributed by atoms with Gasteiger partial charge in [0.05, 0.1) is 31.4 Å². The van der Waals surface area contributed by atoms with E-state index in [0.717, 1.165) is 47.0 Å². The number of morpholine rings is 1. The maximum atomic E-state index is 10.7. The molecule has 0 unspecified atom stereocenters. The SMILES string of the molecule is O=C(O)NC1CC(Oc2ccc3ncc(-c4cc5ccoc(N6CCOCC6)c-5c4)n3n2)C1. The highest BCUT2D eigenvalue weighted by Crippen LogP contribution is 2.39. The second-order valence-corrected chi connectivity index (χ2v) is 8.38. The van der Waals surface area contributed by atoms with E-state index in [-0.39, 0.29) is 12.1 Å². The summed E-state index contributed by atoms with van der Waals surface area (Å²) in [6, 6.07) is 9.78. The van der Waals surface area contributed by atoms with Crippen molar-refractivity contribution in [2.45, 2.75) is 25.0 Å². The summed E-state index contributed by atoms with van der Waals surface area (Å²) in [6.07, 6.45) is 3.73. The van der Waals surface area contributed by atoms with Crippen LogP contribution in [0.4, 0.5) is 10.7 Å². The van der Waals surface area contributed by atoms with Crippen LogP contribution in [0, 0.1) is 0 Å². The van der Waals surface area contributed by atoms with Crippen molar-refractivity contribution in [3.8, 4) is 28.3 Å². The first-order valence-corrected chi connectivity index (χ1v) is 11.0. The Kier molecular flexibility index (Phi) is 4.79. The molecular formula is C23H23N5O5. The molecule has 0 bridgehead atoms. The number of hydrogen-bond donors (Lipinski definition) is 2. The maximum absolute atomic E-state index is 10.7. The van der Waals surface area contributed by atoms with Crippen molar-refractivity contribution in [2.24, 2.45) is 0 Å². The predicted molar refractivity (Wildman–Crippen MR) is 119 cm³/mol. The lowest BCUT2D eigenvalue weighted by atomic mass is 9.89. The molecule has 2 aliphatic carbocycles. The molecule has 6 rings (SSSR count). The van der Waals surface area contributed by atoms with Gasteiger partial charge in [-0.2, -0.15) is 0 Å². The molecule has 1 saturated carbocycles. The highest BCUT2D eigenvalue weighted by Gasteiger charge is 2.32. The first-order chi connectivity index (χ1) is 16.1. The van der Waals surface area contributed by atoms with Crippen molar-refractivity contribution >= 4 is 17.6 Å². The van der Waals surface area contributed by atoms with Crippen LogP contribution in [0.25, 0.3) is 28.0 Å². The van der Waals surface area contributed by atoms with Gasteiger partial charge in [0.25, 0.3) is 0 Å². The van der Waals surface area contributed by atoms with Crippen molar-refractivity contribution < 1.29 is 23.8 Å². The Morgan fingerprint density at radius 1 is 1.15 bits per heavy atom. The highest BCUT2D eigenvalue weighted by atomic mass is 16.5. The van der Waals surface area contributed by atoms with E-state index in [1.165, 1.54) is 0 Å². The zero-order valence-electron chi connectivity index (χ0n) is 17.8. The molecule has 2 aliphatic heterocycles. The van der Waals surface area contributed by atoms with Gasteiger partial charge >= 0.3 is 6.09 Å². The van der Waals surface area contributed by atoms with E-state index >= 15 is 0 Å². The van der Waals surface area contributed by atoms with E-state index in [4.69, 9.17) is 19.0 Å². The number of aromatic nitrogens is 3. The Morgan fingerprint density at radius 3 is 2.82 bits per heavy atom. The summed E-state index contributed by atoms with van der Waals surface area (Å²) in [4.78, 5) is 17.4. The molecule has 10 heteroatoms. The molecule has 10 nitrogen and oxygen atoms in total. The largest absolute Gasteiger partial charge is 0.473 e. The Hall–Kier alpha value is -3.79. The number of hydrogen-bond acceptors (Lipinski definition) is 7. The van der Waals surface area contributed by atoms with Gasteiger partial charge in [-0.15, -0.1) is 5.10 Å². The van der Waals surface area contributed by atoms with Crippen molar-refractivity contribution in [2.75, 3.05) is 31.2 Å². The number of carboxylic acid groups (broad SMARTS) is 1. The smallest absolute Gasteiger partial charge is 0.404 e. The first-order valence-electron chi connectivity index (χ1n) is 11.0. The number of carbonyl (C=O) groups is 1. The third-order valence-corrected chi connectivity index (χ3v) is 6.22. The normalized spacial score (nSPS) is 20.7. The van der Waals surface area contributed by atoms with E-state index in [2.05, 4.69) is 32.4 Å². The Balaban J connectivity index is 1.28. The van der Waals surface area contributed by atoms with Crippen LogP contribution in [0.15, 0.2) is 47.2 Å². The van der Waals surface area contributed by atoms with Crippen LogP contribution < -0.4 is 15.0 Å². The molecule has 4 heterocycles. The molecular weight excluding hydrogens is 426 g/mol. The quantitative estimate of drug-likeness (QED) is 0.478. The molecule has 2 fully saturated rings. The van der Waals surface area contributed by atoms with E-state index in [1.54, 1.807) is 16.8 Å². The van der Waals surface area contributed by atoms with Crippen molar-refractivity contribution in [3.63, 3.8) is 0 Å². The monoisotopic (exact) mass is 449 g/mol. The Labute approximate surface area is 189 Å². The summed E-state index contributed by atoms with van der Waals surface area (Å²) in [7, 11) is 0. The van der Waals surface area contributed by atoms with Gasteiger partial charge in [-0.3, -0.25) is 0 Å². The third kappa shape index (κ3) is 3.72. The van der Waals surface area contributed by atoms with Crippen molar-refractivity contribution in [1.82, 2.24) is 19.9 Å². The van der Waals surface area contributed by atoms with E-state index in [0.29, 0.717) is 31.9 Å². The van der Waals surface area contributed by atoms with Gasteiger partial charge in [0.2, 0.25) is 11.8 Å². The number of anilines is 1. The molecule has 0 spiro atoms. The van der Waals surface area contributed by atoms with Crippen LogP contribution in [-0.2, 0) is 4.74 Å². The molecule has 4 aliphatic rings. The number of amides is 1. The molecule has 2 aromatic heterocycles. The van der Waals surface area contributed by atoms with Crippen LogP contribution >= 0.6 is 0 Å². The minimum Gasteiger partial charge on any atom is -0.473 e. The standard InChI is InChI=1S/C23H23N5O5/c29-23(30)25-16-11-17(12-16)33-21-2-1-20-24-13-19(28(20)26-21)15-9-14-3-6-32-22(18(14)10-15)27-4-7-31-8-5-27/h1-3,6,9-10,13,16-17,25H,4-5,7-8,11-12H2,(H,29,30). The van der Waals surface area contributed by atoms with E-state index < -0.39 is 6.09 Å². The second kappa shape index (κ2) is 7.96. The summed E-state index contributed by atoms with van der Waals surface area (Å²) in [5.41, 5.74) is 4.71. The number of ether oxygens (including phenoxy) is 2. The van der Waals surface area contributed by atoms with Gasteiger partial charge < -0.3 is 29.2 Å². The third-order valence-electron chi connectivity index (χ3n) is 6.22. The number of imidazole rings is 1. The van der Waals surface area contributed by atoms with Crippen molar-refractivity contribution in [1.29, 1.82) is 0 Å². The average Bonchev–Trinajstić information content (AvgIpc) is 3.41. The molecule has 2 N–H and O–H groups in total. The summed E-state index contributed by atoms with van der Waals surface area (Å²) in [5, 5.41) is 15.9. The fourth-order valence-corrected chi connectivity index (χ4v) is 4.48. The Morgan fingerprint density at radius 2 is 2.00 bits per heavy atom. The molecule has 1 saturated heterocycles. The lowest BCUT2D eigenvalue weighted by Gasteiger charge is -2.34. The van der Waals surface area contributed by atoms with E-state index in [1.807, 2.05) is 18.3 Å². The minimum atomic E-state index is -1.01. The zero-order chi connectivity index (χ0) is 22.4. The van der Waals surface area contributed by atoms with E-state index in [9.17, 15) is 4.79 Å². The zero-order valence-corrected chi connectivity index (χ0v) is 17.8. The number of nitrogens with one attached hydrogen (secondary N) is 1. The fourth-order valence-electron chi connectivity index (χ4n) is 4.48. The average molecular weight is 449 g/mol. The van der Waals surface area contributed by atoms with Gasteiger partial charge in [-0.25, -0.2) is 14.3 Å². The van der Waals surface area contributed by atoms with Crippen molar-refractivity contribution in [3.05, 3.63) is 42.8 Å². The molecule has 170 valence electrons. The minimum absolute atomic E-state index is 0.0574. The summed E-state index contributed by atoms with van der Waals surface area (Å²) in [6.45, 7) is 2.97. The van der Waals surface area contributed by atoms with Gasteiger partial charge in [0.15, 0.2) is 5.65 Å². The number of nitrogens with zero attached hydrogens (tertiary/aromatic N) is 4. The second-order valence-electron chi connectivity index (χ2n) is 8.38. The molecule has 1 amide bonds. The van der Waals surface area contributed by atoms with Gasteiger partial charge in [-0.1, -0.05) is 0 Å². The van der Waals surface area contributed by atoms with Crippen LogP contribution in [-0.4, -0.2) is 64.2 Å². The van der Waals surface area contributed by atoms with Crippen LogP contribution in [0.3, 0.4) is 0 Å². The topological polar surface area (TPSA) is 114 Å². The maximum Gasteiger partial charge on any atom is 0.404 e. The van der Waals surface area contributed by atoms with Gasteiger partial charge in [-0.05, 0) is 29.8 Å². The molecule has 0 aromatic carbocycles. The molecule has 33 heavy (non-hydrogen) atoms. The summed E-state index contributed by atoms with van der Waals surface area (Å²) >= 11 is 0. The van der Waals surface area contributed by atoms with Gasteiger partial charge in [0.1, 0.15) is 6.10 Å². The lowest BCUT2D eigenvalue weighted by molar-refractivity contribution is 0.0782. The van der Waals surface area contributed by atoms with Crippen LogP contribution in [0.2, 0.25) is 0 Å². The number of rotatable bonds is 5. The lowest BCUT2D eigenvalue weighted by Crippen LogP contribution is -2.48. The highest BCUT2D eigenvalue weighted by molar-refractivity contribution is 5.85.